The number of allylic oxidation sites excluding steroid dienone is 12. The van der Waals surface area contributed by atoms with Crippen LogP contribution in [0.15, 0.2) is 84.6 Å². The van der Waals surface area contributed by atoms with Crippen LogP contribution in [0.3, 0.4) is 0 Å². The maximum absolute atomic E-state index is 13.5. The summed E-state index contributed by atoms with van der Waals surface area (Å²) in [6, 6.07) is -2.24. The van der Waals surface area contributed by atoms with Gasteiger partial charge in [0.1, 0.15) is 6.04 Å². The van der Waals surface area contributed by atoms with Crippen molar-refractivity contribution in [2.75, 3.05) is 0 Å². The summed E-state index contributed by atoms with van der Waals surface area (Å²) in [5, 5.41) is 18.4. The molecule has 3 amide bonds. The lowest BCUT2D eigenvalue weighted by molar-refractivity contribution is -0.134. The number of rotatable bonds is 24. The smallest absolute Gasteiger partial charge is 0.331 e. The fraction of sp³-hybridized carbons (Fsp3) is 0.561. The van der Waals surface area contributed by atoms with Crippen molar-refractivity contribution >= 4 is 23.7 Å². The van der Waals surface area contributed by atoms with Gasteiger partial charge in [0.25, 0.3) is 0 Å². The molecule has 1 aliphatic carbocycles. The van der Waals surface area contributed by atoms with E-state index in [9.17, 15) is 24.3 Å². The molecule has 4 atom stereocenters. The number of amides is 3. The van der Waals surface area contributed by atoms with Gasteiger partial charge < -0.3 is 25.8 Å². The molecule has 0 spiro atoms. The van der Waals surface area contributed by atoms with Crippen molar-refractivity contribution in [3.05, 3.63) is 84.6 Å². The van der Waals surface area contributed by atoms with Crippen molar-refractivity contribution in [2.45, 2.75) is 143 Å². The van der Waals surface area contributed by atoms with E-state index in [0.717, 1.165) is 38.5 Å². The highest BCUT2D eigenvalue weighted by Gasteiger charge is 2.39. The quantitative estimate of drug-likeness (QED) is 0.0771. The minimum absolute atomic E-state index is 0.0102. The molecule has 0 aromatic carbocycles. The average Bonchev–Trinajstić information content (AvgIpc) is 3.07. The zero-order valence-corrected chi connectivity index (χ0v) is 31.2. The number of aliphatic carboxylic acids is 1. The number of nitrogens with one attached hydrogen (secondary N) is 3. The van der Waals surface area contributed by atoms with Crippen molar-refractivity contribution in [1.82, 2.24) is 16.0 Å². The Kier molecular flexibility index (Phi) is 23.6. The number of carboxylic acid groups (broad SMARTS) is 1. The van der Waals surface area contributed by atoms with Crippen molar-refractivity contribution in [3.63, 3.8) is 0 Å². The Balaban J connectivity index is 2.59. The largest absolute Gasteiger partial charge is 0.478 e. The van der Waals surface area contributed by atoms with Crippen LogP contribution >= 0.6 is 0 Å². The summed E-state index contributed by atoms with van der Waals surface area (Å²) in [5.74, 6) is -2.33. The molecule has 0 bridgehead atoms. The van der Waals surface area contributed by atoms with E-state index < -0.39 is 36.1 Å². The Morgan fingerprint density at radius 1 is 0.800 bits per heavy atom. The SMILES string of the molecule is CCC=CCC=CCC=CCC=CCC=CCC=CCCC(=O)NC(C(=O)NC1CC(C(=O)O)=CC(OC(CC)CC)C1NC(C)=O)C(C)C. The predicted molar refractivity (Wildman–Crippen MR) is 203 cm³/mol. The molecule has 1 rings (SSSR count). The molecule has 0 aromatic heterocycles. The van der Waals surface area contributed by atoms with E-state index in [2.05, 4.69) is 83.6 Å². The summed E-state index contributed by atoms with van der Waals surface area (Å²) in [6.07, 6.45) is 34.1. The fourth-order valence-corrected chi connectivity index (χ4v) is 5.41. The van der Waals surface area contributed by atoms with Gasteiger partial charge in [-0.2, -0.15) is 0 Å². The Labute approximate surface area is 301 Å². The maximum Gasteiger partial charge on any atom is 0.331 e. The highest BCUT2D eigenvalue weighted by Crippen LogP contribution is 2.25. The summed E-state index contributed by atoms with van der Waals surface area (Å²) in [4.78, 5) is 50.4. The maximum atomic E-state index is 13.5. The second-order valence-electron chi connectivity index (χ2n) is 12.8. The molecule has 4 N–H and O–H groups in total. The van der Waals surface area contributed by atoms with Crippen molar-refractivity contribution < 1.29 is 29.0 Å². The van der Waals surface area contributed by atoms with Gasteiger partial charge in [-0.1, -0.05) is 108 Å². The summed E-state index contributed by atoms with van der Waals surface area (Å²) in [5.41, 5.74) is 0.106. The molecule has 9 heteroatoms. The lowest BCUT2D eigenvalue weighted by Crippen LogP contribution is -2.62. The number of ether oxygens (including phenoxy) is 1. The van der Waals surface area contributed by atoms with Gasteiger partial charge in [-0.05, 0) is 69.8 Å². The minimum atomic E-state index is -1.10. The van der Waals surface area contributed by atoms with Gasteiger partial charge in [0, 0.05) is 25.3 Å². The third kappa shape index (κ3) is 19.3. The summed E-state index contributed by atoms with van der Waals surface area (Å²) >= 11 is 0. The van der Waals surface area contributed by atoms with Crippen LogP contribution in [0.5, 0.6) is 0 Å². The first-order valence-corrected chi connectivity index (χ1v) is 18.4. The molecule has 0 saturated carbocycles. The molecular formula is C41H63N3O6. The third-order valence-electron chi connectivity index (χ3n) is 8.23. The molecule has 50 heavy (non-hydrogen) atoms. The lowest BCUT2D eigenvalue weighted by atomic mass is 9.87. The zero-order chi connectivity index (χ0) is 37.1. The molecule has 0 saturated heterocycles. The van der Waals surface area contributed by atoms with Gasteiger partial charge in [0.2, 0.25) is 17.7 Å². The average molecular weight is 694 g/mol. The Morgan fingerprint density at radius 2 is 1.30 bits per heavy atom. The van der Waals surface area contributed by atoms with Gasteiger partial charge in [0.05, 0.1) is 24.3 Å². The van der Waals surface area contributed by atoms with E-state index >= 15 is 0 Å². The van der Waals surface area contributed by atoms with Gasteiger partial charge in [-0.3, -0.25) is 14.4 Å². The van der Waals surface area contributed by atoms with Gasteiger partial charge in [-0.15, -0.1) is 0 Å². The number of hydrogen-bond acceptors (Lipinski definition) is 5. The van der Waals surface area contributed by atoms with Crippen LogP contribution in [0.1, 0.15) is 112 Å². The normalized spacial score (nSPS) is 19.1. The van der Waals surface area contributed by atoms with Gasteiger partial charge >= 0.3 is 5.97 Å². The first-order chi connectivity index (χ1) is 24.0. The van der Waals surface area contributed by atoms with Crippen LogP contribution in [-0.2, 0) is 23.9 Å². The van der Waals surface area contributed by atoms with Crippen molar-refractivity contribution in [3.8, 4) is 0 Å². The molecule has 278 valence electrons. The highest BCUT2D eigenvalue weighted by molar-refractivity contribution is 5.89. The van der Waals surface area contributed by atoms with E-state index in [1.54, 1.807) is 0 Å². The summed E-state index contributed by atoms with van der Waals surface area (Å²) in [6.45, 7) is 11.1. The Bertz CT molecular complexity index is 1240. The van der Waals surface area contributed by atoms with Crippen LogP contribution in [0.4, 0.5) is 0 Å². The number of hydrogen-bond donors (Lipinski definition) is 4. The molecule has 0 aromatic rings. The molecule has 9 nitrogen and oxygen atoms in total. The van der Waals surface area contributed by atoms with E-state index in [1.807, 2.05) is 39.8 Å². The lowest BCUT2D eigenvalue weighted by Gasteiger charge is -2.39. The van der Waals surface area contributed by atoms with Crippen LogP contribution in [0.25, 0.3) is 0 Å². The molecule has 0 heterocycles. The van der Waals surface area contributed by atoms with Crippen LogP contribution in [0, 0.1) is 5.92 Å². The monoisotopic (exact) mass is 693 g/mol. The number of carbonyl (C=O) groups excluding carboxylic acids is 3. The molecule has 0 radical (unpaired) electrons. The fourth-order valence-electron chi connectivity index (χ4n) is 5.41. The topological polar surface area (TPSA) is 134 Å². The van der Waals surface area contributed by atoms with Gasteiger partial charge in [0.15, 0.2) is 0 Å². The molecule has 0 fully saturated rings. The molecule has 1 aliphatic rings. The summed E-state index contributed by atoms with van der Waals surface area (Å²) in [7, 11) is 0. The molecular weight excluding hydrogens is 630 g/mol. The van der Waals surface area contributed by atoms with Crippen molar-refractivity contribution in [2.24, 2.45) is 5.92 Å². The first kappa shape index (κ1) is 44.0. The summed E-state index contributed by atoms with van der Waals surface area (Å²) < 4.78 is 6.20. The Hall–Kier alpha value is -3.98. The zero-order valence-electron chi connectivity index (χ0n) is 31.2. The van der Waals surface area contributed by atoms with E-state index in [1.165, 1.54) is 13.0 Å². The van der Waals surface area contributed by atoms with E-state index in [0.29, 0.717) is 19.3 Å². The second kappa shape index (κ2) is 26.8. The second-order valence-corrected chi connectivity index (χ2v) is 12.8. The van der Waals surface area contributed by atoms with Gasteiger partial charge in [-0.25, -0.2) is 4.79 Å². The third-order valence-corrected chi connectivity index (χ3v) is 8.23. The minimum Gasteiger partial charge on any atom is -0.478 e. The van der Waals surface area contributed by atoms with E-state index in [4.69, 9.17) is 4.74 Å². The van der Waals surface area contributed by atoms with Crippen LogP contribution in [-0.4, -0.2) is 59.1 Å². The van der Waals surface area contributed by atoms with Crippen LogP contribution in [0.2, 0.25) is 0 Å². The standard InChI is InChI=1S/C41H63N3O6/c1-7-10-11-12-13-14-15-16-17-18-19-20-21-22-23-24-25-26-27-28-37(46)44-38(31(4)5)40(47)43-35-29-33(41(48)49)30-36(39(35)42-32(6)45)50-34(8-2)9-3/h10-11,13-14,16-17,19-20,22-23,25-26,30-31,34-36,38-39H,7-9,12,15,18,21,24,27-29H2,1-6H3,(H,42,45)(H,43,47)(H,44,46)(H,48,49). The number of carbonyl (C=O) groups is 4. The van der Waals surface area contributed by atoms with Crippen molar-refractivity contribution in [1.29, 1.82) is 0 Å². The Morgan fingerprint density at radius 3 is 1.74 bits per heavy atom. The predicted octanol–water partition coefficient (Wildman–Crippen LogP) is 7.58. The van der Waals surface area contributed by atoms with Crippen LogP contribution < -0.4 is 16.0 Å². The van der Waals surface area contributed by atoms with E-state index in [-0.39, 0.29) is 42.3 Å². The highest BCUT2D eigenvalue weighted by atomic mass is 16.5. The first-order valence-electron chi connectivity index (χ1n) is 18.4. The molecule has 4 unspecified atom stereocenters. The molecule has 0 aliphatic heterocycles. The number of carboxylic acids is 1.